The molecule has 2 heterocycles. The van der Waals surface area contributed by atoms with E-state index in [0.717, 1.165) is 22.5 Å². The van der Waals surface area contributed by atoms with Gasteiger partial charge in [0.25, 0.3) is 11.8 Å². The van der Waals surface area contributed by atoms with Crippen molar-refractivity contribution in [1.82, 2.24) is 30.0 Å². The molecule has 4 rings (SSSR count). The van der Waals surface area contributed by atoms with Gasteiger partial charge in [0, 0.05) is 29.8 Å². The Morgan fingerprint density at radius 2 is 1.59 bits per heavy atom. The number of aromatic nitrogens is 4. The number of benzene rings is 2. The van der Waals surface area contributed by atoms with Gasteiger partial charge in [-0.15, -0.1) is 0 Å². The van der Waals surface area contributed by atoms with Gasteiger partial charge >= 0.3 is 5.69 Å². The molecule has 0 bridgehead atoms. The fourth-order valence-corrected chi connectivity index (χ4v) is 4.46. The van der Waals surface area contributed by atoms with Gasteiger partial charge in [-0.1, -0.05) is 36.0 Å². The SMILES string of the molecule is Cc1cc(C)nc(SCc2ccc(C(=O)NNC(=O)Cn3c(=O)n(C)c4ccccc43)cc2)n1. The third-order valence-corrected chi connectivity index (χ3v) is 6.13. The van der Waals surface area contributed by atoms with E-state index in [2.05, 4.69) is 20.8 Å². The van der Waals surface area contributed by atoms with Crippen LogP contribution >= 0.6 is 11.8 Å². The van der Waals surface area contributed by atoms with Crippen LogP contribution in [0, 0.1) is 13.8 Å². The van der Waals surface area contributed by atoms with Crippen molar-refractivity contribution in [3.05, 3.63) is 87.6 Å². The highest BCUT2D eigenvalue weighted by molar-refractivity contribution is 7.98. The van der Waals surface area contributed by atoms with Gasteiger partial charge in [-0.05, 0) is 49.7 Å². The first-order chi connectivity index (χ1) is 16.3. The molecule has 2 N–H and O–H groups in total. The Hall–Kier alpha value is -3.92. The summed E-state index contributed by atoms with van der Waals surface area (Å²) >= 11 is 1.53. The number of hydrazine groups is 1. The number of hydrogen-bond acceptors (Lipinski definition) is 6. The minimum absolute atomic E-state index is 0.211. The van der Waals surface area contributed by atoms with E-state index in [9.17, 15) is 14.4 Å². The molecular formula is C24H24N6O3S. The number of rotatable bonds is 6. The van der Waals surface area contributed by atoms with Crippen LogP contribution in [0.25, 0.3) is 11.0 Å². The second-order valence-electron chi connectivity index (χ2n) is 7.84. The molecule has 0 unspecified atom stereocenters. The van der Waals surface area contributed by atoms with E-state index >= 15 is 0 Å². The predicted molar refractivity (Wildman–Crippen MR) is 130 cm³/mol. The fourth-order valence-electron chi connectivity index (χ4n) is 3.56. The maximum absolute atomic E-state index is 12.4. The number of thioether (sulfide) groups is 1. The summed E-state index contributed by atoms with van der Waals surface area (Å²) in [7, 11) is 1.65. The average molecular weight is 477 g/mol. The number of carbonyl (C=O) groups is 2. The Labute approximate surface area is 200 Å². The summed E-state index contributed by atoms with van der Waals surface area (Å²) in [4.78, 5) is 46.1. The van der Waals surface area contributed by atoms with Crippen molar-refractivity contribution in [3.8, 4) is 0 Å². The molecule has 174 valence electrons. The molecule has 10 heteroatoms. The molecular weight excluding hydrogens is 452 g/mol. The molecule has 9 nitrogen and oxygen atoms in total. The van der Waals surface area contributed by atoms with Gasteiger partial charge in [-0.25, -0.2) is 14.8 Å². The van der Waals surface area contributed by atoms with E-state index in [1.807, 2.05) is 44.2 Å². The Kier molecular flexibility index (Phi) is 6.78. The van der Waals surface area contributed by atoms with Crippen molar-refractivity contribution < 1.29 is 9.59 Å². The smallest absolute Gasteiger partial charge is 0.295 e. The summed E-state index contributed by atoms with van der Waals surface area (Å²) in [6.45, 7) is 3.66. The zero-order chi connectivity index (χ0) is 24.2. The van der Waals surface area contributed by atoms with Crippen LogP contribution in [-0.4, -0.2) is 30.9 Å². The number of carbonyl (C=O) groups excluding carboxylic acids is 2. The largest absolute Gasteiger partial charge is 0.329 e. The molecule has 2 aromatic carbocycles. The van der Waals surface area contributed by atoms with Gasteiger partial charge in [0.1, 0.15) is 6.54 Å². The van der Waals surface area contributed by atoms with Crippen LogP contribution < -0.4 is 16.5 Å². The van der Waals surface area contributed by atoms with E-state index in [0.29, 0.717) is 22.0 Å². The first-order valence-corrected chi connectivity index (χ1v) is 11.6. The Morgan fingerprint density at radius 1 is 0.941 bits per heavy atom. The Bertz CT molecular complexity index is 1400. The second kappa shape index (κ2) is 9.92. The number of para-hydroxylation sites is 2. The van der Waals surface area contributed by atoms with Crippen LogP contribution in [0.15, 0.2) is 64.5 Å². The standard InChI is InChI=1S/C24H24N6O3S/c1-15-12-16(2)26-23(25-15)34-14-17-8-10-18(11-9-17)22(32)28-27-21(31)13-30-20-7-5-4-6-19(20)29(3)24(30)33/h4-12H,13-14H2,1-3H3,(H,27,31)(H,28,32). The number of imidazole rings is 1. The van der Waals surface area contributed by atoms with E-state index in [-0.39, 0.29) is 12.2 Å². The summed E-state index contributed by atoms with van der Waals surface area (Å²) < 4.78 is 2.84. The van der Waals surface area contributed by atoms with Gasteiger partial charge in [-0.2, -0.15) is 0 Å². The zero-order valence-corrected chi connectivity index (χ0v) is 19.8. The van der Waals surface area contributed by atoms with E-state index in [1.54, 1.807) is 31.3 Å². The molecule has 0 spiro atoms. The lowest BCUT2D eigenvalue weighted by Gasteiger charge is -2.09. The van der Waals surface area contributed by atoms with Gasteiger partial charge < -0.3 is 0 Å². The molecule has 0 aliphatic rings. The van der Waals surface area contributed by atoms with E-state index in [1.165, 1.54) is 20.9 Å². The average Bonchev–Trinajstić information content (AvgIpc) is 3.06. The summed E-state index contributed by atoms with van der Waals surface area (Å²) in [6.07, 6.45) is 0. The van der Waals surface area contributed by atoms with Crippen molar-refractivity contribution in [2.75, 3.05) is 0 Å². The summed E-state index contributed by atoms with van der Waals surface area (Å²) in [5.74, 6) is -0.287. The quantitative estimate of drug-likeness (QED) is 0.251. The Balaban J connectivity index is 1.32. The van der Waals surface area contributed by atoms with Crippen molar-refractivity contribution in [3.63, 3.8) is 0 Å². The van der Waals surface area contributed by atoms with Crippen molar-refractivity contribution >= 4 is 34.6 Å². The fraction of sp³-hybridized carbons (Fsp3) is 0.208. The molecule has 0 saturated heterocycles. The van der Waals surface area contributed by atoms with Crippen molar-refractivity contribution in [2.45, 2.75) is 31.3 Å². The third-order valence-electron chi connectivity index (χ3n) is 5.21. The van der Waals surface area contributed by atoms with Crippen LogP contribution in [0.3, 0.4) is 0 Å². The number of nitrogens with one attached hydrogen (secondary N) is 2. The highest BCUT2D eigenvalue weighted by atomic mass is 32.2. The van der Waals surface area contributed by atoms with Crippen LogP contribution in [0.4, 0.5) is 0 Å². The highest BCUT2D eigenvalue weighted by Crippen LogP contribution is 2.20. The van der Waals surface area contributed by atoms with Gasteiger partial charge in [0.2, 0.25) is 0 Å². The summed E-state index contributed by atoms with van der Waals surface area (Å²) in [6, 6.07) is 16.2. The van der Waals surface area contributed by atoms with Gasteiger partial charge in [0.15, 0.2) is 5.16 Å². The number of amides is 2. The molecule has 0 fully saturated rings. The summed E-state index contributed by atoms with van der Waals surface area (Å²) in [5, 5.41) is 0.715. The van der Waals surface area contributed by atoms with Gasteiger partial charge in [-0.3, -0.25) is 29.6 Å². The van der Waals surface area contributed by atoms with Crippen LogP contribution in [0.1, 0.15) is 27.3 Å². The molecule has 34 heavy (non-hydrogen) atoms. The first-order valence-electron chi connectivity index (χ1n) is 10.6. The third kappa shape index (κ3) is 5.18. The molecule has 4 aromatic rings. The topological polar surface area (TPSA) is 111 Å². The maximum Gasteiger partial charge on any atom is 0.329 e. The molecule has 0 saturated carbocycles. The lowest BCUT2D eigenvalue weighted by molar-refractivity contribution is -0.122. The van der Waals surface area contributed by atoms with Gasteiger partial charge in [0.05, 0.1) is 11.0 Å². The number of fused-ring (bicyclic) bond motifs is 1. The molecule has 0 radical (unpaired) electrons. The lowest BCUT2D eigenvalue weighted by atomic mass is 10.1. The maximum atomic E-state index is 12.4. The summed E-state index contributed by atoms with van der Waals surface area (Å²) in [5.41, 5.74) is 9.12. The highest BCUT2D eigenvalue weighted by Gasteiger charge is 2.14. The van der Waals surface area contributed by atoms with Crippen LogP contribution in [-0.2, 0) is 24.1 Å². The lowest BCUT2D eigenvalue weighted by Crippen LogP contribution is -2.44. The van der Waals surface area contributed by atoms with Crippen molar-refractivity contribution in [2.24, 2.45) is 7.05 Å². The molecule has 2 amide bonds. The normalized spacial score (nSPS) is 10.9. The number of aryl methyl sites for hydroxylation is 3. The minimum Gasteiger partial charge on any atom is -0.295 e. The van der Waals surface area contributed by atoms with Crippen molar-refractivity contribution in [1.29, 1.82) is 0 Å². The molecule has 2 aromatic heterocycles. The second-order valence-corrected chi connectivity index (χ2v) is 8.78. The monoisotopic (exact) mass is 476 g/mol. The molecule has 0 aliphatic carbocycles. The molecule has 0 atom stereocenters. The van der Waals surface area contributed by atoms with Crippen LogP contribution in [0.2, 0.25) is 0 Å². The minimum atomic E-state index is -0.506. The molecule has 0 aliphatic heterocycles. The van der Waals surface area contributed by atoms with Crippen LogP contribution in [0.5, 0.6) is 0 Å². The van der Waals surface area contributed by atoms with E-state index in [4.69, 9.17) is 0 Å². The number of nitrogens with zero attached hydrogens (tertiary/aromatic N) is 4. The zero-order valence-electron chi connectivity index (χ0n) is 19.0. The predicted octanol–water partition coefficient (Wildman–Crippen LogP) is 2.50. The van der Waals surface area contributed by atoms with E-state index < -0.39 is 11.8 Å². The first kappa shape index (κ1) is 23.2. The number of hydrogen-bond donors (Lipinski definition) is 2. The Morgan fingerprint density at radius 3 is 2.26 bits per heavy atom.